The zero-order chi connectivity index (χ0) is 13.4. The van der Waals surface area contributed by atoms with Gasteiger partial charge in [-0.3, -0.25) is 4.68 Å². The van der Waals surface area contributed by atoms with Crippen LogP contribution in [0.1, 0.15) is 0 Å². The molecule has 3 rings (SSSR count). The van der Waals surface area contributed by atoms with Gasteiger partial charge in [-0.1, -0.05) is 5.16 Å². The van der Waals surface area contributed by atoms with Gasteiger partial charge in [0.1, 0.15) is 5.75 Å². The zero-order valence-corrected chi connectivity index (χ0v) is 10.1. The van der Waals surface area contributed by atoms with Crippen molar-refractivity contribution < 1.29 is 9.63 Å². The molecular formula is C12H11N5O2. The van der Waals surface area contributed by atoms with Crippen molar-refractivity contribution in [2.75, 3.05) is 5.73 Å². The van der Waals surface area contributed by atoms with Gasteiger partial charge in [0.25, 0.3) is 5.89 Å². The second-order valence-corrected chi connectivity index (χ2v) is 4.10. The molecule has 7 nitrogen and oxygen atoms in total. The summed E-state index contributed by atoms with van der Waals surface area (Å²) in [6.07, 6.45) is 3.44. The average Bonchev–Trinajstić information content (AvgIpc) is 3.01. The first-order chi connectivity index (χ1) is 9.13. The number of hydrogen-bond donors (Lipinski definition) is 2. The van der Waals surface area contributed by atoms with Gasteiger partial charge >= 0.3 is 0 Å². The summed E-state index contributed by atoms with van der Waals surface area (Å²) >= 11 is 0. The van der Waals surface area contributed by atoms with Crippen molar-refractivity contribution in [2.45, 2.75) is 0 Å². The number of rotatable bonds is 2. The Hall–Kier alpha value is -2.83. The van der Waals surface area contributed by atoms with Crippen LogP contribution in [0.4, 0.5) is 5.69 Å². The third kappa shape index (κ3) is 2.01. The minimum atomic E-state index is 0.0238. The van der Waals surface area contributed by atoms with Gasteiger partial charge in [0.2, 0.25) is 5.82 Å². The maximum absolute atomic E-state index is 9.37. The predicted molar refractivity (Wildman–Crippen MR) is 68.0 cm³/mol. The number of nitrogen functional groups attached to an aromatic ring is 1. The lowest BCUT2D eigenvalue weighted by atomic mass is 10.2. The third-order valence-corrected chi connectivity index (χ3v) is 2.66. The van der Waals surface area contributed by atoms with Gasteiger partial charge in [-0.2, -0.15) is 10.1 Å². The van der Waals surface area contributed by atoms with Crippen LogP contribution in [-0.4, -0.2) is 25.0 Å². The van der Waals surface area contributed by atoms with Crippen LogP contribution >= 0.6 is 0 Å². The summed E-state index contributed by atoms with van der Waals surface area (Å²) in [5, 5.41) is 17.3. The standard InChI is InChI=1S/C12H11N5O2/c1-17-6-8(5-14-17)11-15-12(19-16-11)7-2-3-10(18)9(13)4-7/h2-6,18H,13H2,1H3. The first kappa shape index (κ1) is 11.3. The van der Waals surface area contributed by atoms with Crippen molar-refractivity contribution in [2.24, 2.45) is 7.05 Å². The molecule has 7 heteroatoms. The van der Waals surface area contributed by atoms with E-state index in [2.05, 4.69) is 15.2 Å². The molecule has 2 aromatic heterocycles. The molecule has 0 aliphatic heterocycles. The number of aryl methyl sites for hydroxylation is 1. The highest BCUT2D eigenvalue weighted by Crippen LogP contribution is 2.27. The quantitative estimate of drug-likeness (QED) is 0.531. The monoisotopic (exact) mass is 257 g/mol. The Balaban J connectivity index is 1.98. The van der Waals surface area contributed by atoms with Crippen molar-refractivity contribution >= 4 is 5.69 Å². The smallest absolute Gasteiger partial charge is 0.258 e. The van der Waals surface area contributed by atoms with Crippen LogP contribution in [0.5, 0.6) is 5.75 Å². The van der Waals surface area contributed by atoms with E-state index in [1.54, 1.807) is 29.2 Å². The van der Waals surface area contributed by atoms with Gasteiger partial charge in [-0.25, -0.2) is 0 Å². The van der Waals surface area contributed by atoms with Gasteiger partial charge in [0.15, 0.2) is 0 Å². The zero-order valence-electron chi connectivity index (χ0n) is 10.1. The Kier molecular flexibility index (Phi) is 2.45. The number of phenols is 1. The number of aromatic hydroxyl groups is 1. The molecule has 0 bridgehead atoms. The molecule has 0 unspecified atom stereocenters. The van der Waals surface area contributed by atoms with Crippen LogP contribution in [0.15, 0.2) is 35.1 Å². The highest BCUT2D eigenvalue weighted by molar-refractivity contribution is 5.66. The lowest BCUT2D eigenvalue weighted by Gasteiger charge is -1.99. The predicted octanol–water partition coefficient (Wildman–Crippen LogP) is 1.42. The minimum absolute atomic E-state index is 0.0238. The normalized spacial score (nSPS) is 10.8. The summed E-state index contributed by atoms with van der Waals surface area (Å²) in [4.78, 5) is 4.27. The Bertz CT molecular complexity index is 731. The Morgan fingerprint density at radius 3 is 2.84 bits per heavy atom. The van der Waals surface area contributed by atoms with Crippen LogP contribution < -0.4 is 5.73 Å². The lowest BCUT2D eigenvalue weighted by Crippen LogP contribution is -1.87. The van der Waals surface area contributed by atoms with E-state index in [1.165, 1.54) is 6.07 Å². The second kappa shape index (κ2) is 4.13. The number of benzene rings is 1. The summed E-state index contributed by atoms with van der Waals surface area (Å²) in [5.74, 6) is 0.816. The van der Waals surface area contributed by atoms with E-state index in [4.69, 9.17) is 10.3 Å². The van der Waals surface area contributed by atoms with E-state index in [-0.39, 0.29) is 11.4 Å². The topological polar surface area (TPSA) is 103 Å². The van der Waals surface area contributed by atoms with Crippen molar-refractivity contribution in [1.82, 2.24) is 19.9 Å². The molecule has 0 amide bonds. The molecule has 0 spiro atoms. The van der Waals surface area contributed by atoms with E-state index in [0.29, 0.717) is 17.3 Å². The van der Waals surface area contributed by atoms with Gasteiger partial charge < -0.3 is 15.4 Å². The number of nitrogens with two attached hydrogens (primary N) is 1. The first-order valence-electron chi connectivity index (χ1n) is 5.55. The maximum Gasteiger partial charge on any atom is 0.258 e. The van der Waals surface area contributed by atoms with Gasteiger partial charge in [-0.05, 0) is 18.2 Å². The van der Waals surface area contributed by atoms with Crippen LogP contribution in [0.3, 0.4) is 0 Å². The van der Waals surface area contributed by atoms with Crippen LogP contribution in [0.2, 0.25) is 0 Å². The van der Waals surface area contributed by atoms with Gasteiger partial charge in [-0.15, -0.1) is 0 Å². The molecule has 1 aromatic carbocycles. The van der Waals surface area contributed by atoms with Gasteiger partial charge in [0.05, 0.1) is 17.4 Å². The van der Waals surface area contributed by atoms with Crippen LogP contribution in [0, 0.1) is 0 Å². The summed E-state index contributed by atoms with van der Waals surface area (Å²) < 4.78 is 6.83. The summed E-state index contributed by atoms with van der Waals surface area (Å²) in [6, 6.07) is 4.72. The van der Waals surface area contributed by atoms with E-state index < -0.39 is 0 Å². The molecule has 19 heavy (non-hydrogen) atoms. The minimum Gasteiger partial charge on any atom is -0.506 e. The molecule has 0 saturated heterocycles. The lowest BCUT2D eigenvalue weighted by molar-refractivity contribution is 0.432. The van der Waals surface area contributed by atoms with E-state index in [1.807, 2.05) is 7.05 Å². The van der Waals surface area contributed by atoms with Crippen molar-refractivity contribution in [3.05, 3.63) is 30.6 Å². The van der Waals surface area contributed by atoms with E-state index in [0.717, 1.165) is 5.56 Å². The molecule has 0 atom stereocenters. The molecule has 0 aliphatic carbocycles. The first-order valence-corrected chi connectivity index (χ1v) is 5.55. The molecule has 2 heterocycles. The van der Waals surface area contributed by atoms with Gasteiger partial charge in [0, 0.05) is 18.8 Å². The highest BCUT2D eigenvalue weighted by atomic mass is 16.5. The van der Waals surface area contributed by atoms with Crippen molar-refractivity contribution in [3.63, 3.8) is 0 Å². The number of anilines is 1. The number of hydrogen-bond acceptors (Lipinski definition) is 6. The Morgan fingerprint density at radius 2 is 2.16 bits per heavy atom. The number of aromatic nitrogens is 4. The molecule has 3 N–H and O–H groups in total. The Labute approximate surface area is 108 Å². The fourth-order valence-corrected chi connectivity index (χ4v) is 1.68. The van der Waals surface area contributed by atoms with E-state index in [9.17, 15) is 5.11 Å². The summed E-state index contributed by atoms with van der Waals surface area (Å²) in [7, 11) is 1.81. The molecular weight excluding hydrogens is 246 g/mol. The molecule has 0 saturated carbocycles. The number of nitrogens with zero attached hydrogens (tertiary/aromatic N) is 4. The summed E-state index contributed by atoms with van der Waals surface area (Å²) in [5.41, 5.74) is 7.31. The van der Waals surface area contributed by atoms with Crippen LogP contribution in [0.25, 0.3) is 22.8 Å². The fraction of sp³-hybridized carbons (Fsp3) is 0.0833. The third-order valence-electron chi connectivity index (χ3n) is 2.66. The highest BCUT2D eigenvalue weighted by Gasteiger charge is 2.12. The molecule has 0 aliphatic rings. The van der Waals surface area contributed by atoms with Crippen molar-refractivity contribution in [1.29, 1.82) is 0 Å². The maximum atomic E-state index is 9.37. The second-order valence-electron chi connectivity index (χ2n) is 4.10. The number of phenolic OH excluding ortho intramolecular Hbond substituents is 1. The molecule has 0 radical (unpaired) electrons. The van der Waals surface area contributed by atoms with Crippen LogP contribution in [-0.2, 0) is 7.05 Å². The van der Waals surface area contributed by atoms with E-state index >= 15 is 0 Å². The largest absolute Gasteiger partial charge is 0.506 e. The van der Waals surface area contributed by atoms with Crippen molar-refractivity contribution in [3.8, 4) is 28.6 Å². The SMILES string of the molecule is Cn1cc(-c2noc(-c3ccc(O)c(N)c3)n2)cn1. The summed E-state index contributed by atoms with van der Waals surface area (Å²) in [6.45, 7) is 0. The molecule has 96 valence electrons. The molecule has 3 aromatic rings. The molecule has 0 fully saturated rings. The Morgan fingerprint density at radius 1 is 1.32 bits per heavy atom. The average molecular weight is 257 g/mol. The fourth-order valence-electron chi connectivity index (χ4n) is 1.68.